The maximum atomic E-state index is 13.7. The van der Waals surface area contributed by atoms with Crippen molar-refractivity contribution in [2.24, 2.45) is 0 Å². The van der Waals surface area contributed by atoms with Gasteiger partial charge in [0.05, 0.1) is 19.6 Å². The van der Waals surface area contributed by atoms with Gasteiger partial charge in [-0.2, -0.15) is 0 Å². The average Bonchev–Trinajstić information content (AvgIpc) is 2.93. The zero-order valence-corrected chi connectivity index (χ0v) is 26.3. The van der Waals surface area contributed by atoms with Crippen molar-refractivity contribution in [1.82, 2.24) is 14.7 Å². The lowest BCUT2D eigenvalue weighted by molar-refractivity contribution is -0.160. The van der Waals surface area contributed by atoms with E-state index in [0.29, 0.717) is 32.1 Å². The Labute approximate surface area is 265 Å². The van der Waals surface area contributed by atoms with Gasteiger partial charge >= 0.3 is 5.97 Å². The first kappa shape index (κ1) is 33.9. The van der Waals surface area contributed by atoms with Crippen LogP contribution < -0.4 is 0 Å². The number of aliphatic carboxylic acids is 1. The molecule has 0 aromatic heterocycles. The topological polar surface area (TPSA) is 107 Å². The molecular formula is C29H33Cl4N3O6. The smallest absolute Gasteiger partial charge is 0.326 e. The zero-order chi connectivity index (χ0) is 31.0. The van der Waals surface area contributed by atoms with Crippen LogP contribution in [0.1, 0.15) is 30.9 Å². The second-order valence-electron chi connectivity index (χ2n) is 9.88. The van der Waals surface area contributed by atoms with Gasteiger partial charge in [-0.25, -0.2) is 4.79 Å². The van der Waals surface area contributed by atoms with Crippen LogP contribution in [-0.2, 0) is 36.8 Å². The minimum Gasteiger partial charge on any atom is -0.480 e. The average molecular weight is 661 g/mol. The molecule has 1 fully saturated rings. The highest BCUT2D eigenvalue weighted by Gasteiger charge is 2.41. The van der Waals surface area contributed by atoms with Crippen molar-refractivity contribution in [1.29, 1.82) is 0 Å². The van der Waals surface area contributed by atoms with E-state index in [0.717, 1.165) is 5.56 Å². The highest BCUT2D eigenvalue weighted by molar-refractivity contribution is 6.35. The van der Waals surface area contributed by atoms with Crippen molar-refractivity contribution in [3.05, 3.63) is 67.6 Å². The standard InChI is InChI=1S/C29H33Cl4N3O6/c1-3-24(29(40)41)35(11-9-19-5-7-21(31)15-23(19)33)26(37)16-25-28(39)34(17-27(38)36(25)12-13-42-2)10-8-18-4-6-20(30)14-22(18)32/h4-7,14-15,24-25H,3,8-13,16-17H2,1-2H3,(H,40,41). The third-order valence-electron chi connectivity index (χ3n) is 7.20. The molecule has 2 aromatic rings. The Balaban J connectivity index is 1.84. The predicted octanol–water partition coefficient (Wildman–Crippen LogP) is 4.85. The molecule has 3 amide bonds. The van der Waals surface area contributed by atoms with Gasteiger partial charge in [-0.15, -0.1) is 0 Å². The number of hydrogen-bond donors (Lipinski definition) is 1. The molecule has 0 spiro atoms. The number of nitrogens with zero attached hydrogens (tertiary/aromatic N) is 3. The molecule has 1 N–H and O–H groups in total. The van der Waals surface area contributed by atoms with E-state index >= 15 is 0 Å². The number of rotatable bonds is 14. The maximum Gasteiger partial charge on any atom is 0.326 e. The largest absolute Gasteiger partial charge is 0.480 e. The summed E-state index contributed by atoms with van der Waals surface area (Å²) in [7, 11) is 1.47. The minimum absolute atomic E-state index is 0.0384. The van der Waals surface area contributed by atoms with Crippen molar-refractivity contribution in [2.75, 3.05) is 39.9 Å². The molecule has 1 aliphatic heterocycles. The lowest BCUT2D eigenvalue weighted by Crippen LogP contribution is -2.62. The van der Waals surface area contributed by atoms with Gasteiger partial charge in [0, 0.05) is 46.8 Å². The summed E-state index contributed by atoms with van der Waals surface area (Å²) in [6.45, 7) is 2.00. The van der Waals surface area contributed by atoms with Crippen LogP contribution in [0.15, 0.2) is 36.4 Å². The maximum absolute atomic E-state index is 13.7. The Kier molecular flexibility index (Phi) is 12.7. The molecule has 0 bridgehead atoms. The number of halogens is 4. The summed E-state index contributed by atoms with van der Waals surface area (Å²) in [5, 5.41) is 11.7. The Hall–Kier alpha value is -2.56. The van der Waals surface area contributed by atoms with E-state index in [9.17, 15) is 24.3 Å². The molecule has 2 aromatic carbocycles. The van der Waals surface area contributed by atoms with E-state index in [4.69, 9.17) is 51.1 Å². The molecular weight excluding hydrogens is 628 g/mol. The van der Waals surface area contributed by atoms with Gasteiger partial charge in [-0.3, -0.25) is 14.4 Å². The van der Waals surface area contributed by atoms with E-state index in [1.165, 1.54) is 21.8 Å². The van der Waals surface area contributed by atoms with Crippen LogP contribution in [-0.4, -0.2) is 95.5 Å². The molecule has 1 saturated heterocycles. The monoisotopic (exact) mass is 659 g/mol. The summed E-state index contributed by atoms with van der Waals surface area (Å²) in [5.74, 6) is -2.48. The quantitative estimate of drug-likeness (QED) is 0.310. The van der Waals surface area contributed by atoms with Crippen LogP contribution >= 0.6 is 46.4 Å². The number of piperazine rings is 1. The van der Waals surface area contributed by atoms with Gasteiger partial charge in [0.25, 0.3) is 0 Å². The first-order chi connectivity index (χ1) is 20.0. The first-order valence-corrected chi connectivity index (χ1v) is 14.9. The summed E-state index contributed by atoms with van der Waals surface area (Å²) in [4.78, 5) is 56.8. The zero-order valence-electron chi connectivity index (χ0n) is 23.3. The minimum atomic E-state index is -1.17. The fraction of sp³-hybridized carbons (Fsp3) is 0.448. The van der Waals surface area contributed by atoms with Crippen LogP contribution in [0.2, 0.25) is 20.1 Å². The van der Waals surface area contributed by atoms with Gasteiger partial charge in [0.2, 0.25) is 17.7 Å². The molecule has 2 atom stereocenters. The molecule has 0 saturated carbocycles. The summed E-state index contributed by atoms with van der Waals surface area (Å²) in [5.41, 5.74) is 1.45. The van der Waals surface area contributed by atoms with E-state index in [-0.39, 0.29) is 58.0 Å². The van der Waals surface area contributed by atoms with Gasteiger partial charge in [0.15, 0.2) is 0 Å². The molecule has 9 nitrogen and oxygen atoms in total. The molecule has 0 radical (unpaired) electrons. The molecule has 13 heteroatoms. The van der Waals surface area contributed by atoms with Crippen LogP contribution in [0, 0.1) is 0 Å². The summed E-state index contributed by atoms with van der Waals surface area (Å²) >= 11 is 24.6. The normalized spacial score (nSPS) is 16.1. The van der Waals surface area contributed by atoms with Gasteiger partial charge in [-0.05, 0) is 54.7 Å². The fourth-order valence-corrected chi connectivity index (χ4v) is 5.92. The van der Waals surface area contributed by atoms with Crippen LogP contribution in [0.5, 0.6) is 0 Å². The Morgan fingerprint density at radius 3 is 2.12 bits per heavy atom. The third-order valence-corrected chi connectivity index (χ3v) is 8.37. The number of methoxy groups -OCH3 is 1. The van der Waals surface area contributed by atoms with E-state index in [2.05, 4.69) is 0 Å². The second-order valence-corrected chi connectivity index (χ2v) is 11.6. The van der Waals surface area contributed by atoms with Gasteiger partial charge < -0.3 is 24.5 Å². The summed E-state index contributed by atoms with van der Waals surface area (Å²) < 4.78 is 5.14. The Morgan fingerprint density at radius 1 is 1.00 bits per heavy atom. The second kappa shape index (κ2) is 15.8. The Bertz CT molecular complexity index is 1310. The molecule has 1 heterocycles. The van der Waals surface area contributed by atoms with E-state index in [1.807, 2.05) is 0 Å². The number of carbonyl (C=O) groups excluding carboxylic acids is 3. The van der Waals surface area contributed by atoms with Crippen molar-refractivity contribution in [3.63, 3.8) is 0 Å². The molecule has 2 unspecified atom stereocenters. The number of ether oxygens (including phenoxy) is 1. The van der Waals surface area contributed by atoms with E-state index in [1.54, 1.807) is 43.3 Å². The van der Waals surface area contributed by atoms with Crippen LogP contribution in [0.3, 0.4) is 0 Å². The molecule has 3 rings (SSSR count). The van der Waals surface area contributed by atoms with Crippen molar-refractivity contribution < 1.29 is 29.0 Å². The first-order valence-electron chi connectivity index (χ1n) is 13.4. The SMILES string of the molecule is CCC(C(=O)O)N(CCc1ccc(Cl)cc1Cl)C(=O)CC1C(=O)N(CCc2ccc(Cl)cc2Cl)CC(=O)N1CCOC. The van der Waals surface area contributed by atoms with Gasteiger partial charge in [0.1, 0.15) is 12.1 Å². The lowest BCUT2D eigenvalue weighted by Gasteiger charge is -2.41. The van der Waals surface area contributed by atoms with Crippen molar-refractivity contribution in [3.8, 4) is 0 Å². The van der Waals surface area contributed by atoms with Crippen LogP contribution in [0.4, 0.5) is 0 Å². The highest BCUT2D eigenvalue weighted by Crippen LogP contribution is 2.25. The number of hydrogen-bond acceptors (Lipinski definition) is 5. The van der Waals surface area contributed by atoms with Crippen LogP contribution in [0.25, 0.3) is 0 Å². The molecule has 1 aliphatic rings. The third kappa shape index (κ3) is 8.74. The molecule has 0 aliphatic carbocycles. The van der Waals surface area contributed by atoms with Crippen molar-refractivity contribution in [2.45, 2.75) is 44.7 Å². The number of benzene rings is 2. The lowest BCUT2D eigenvalue weighted by atomic mass is 10.0. The highest BCUT2D eigenvalue weighted by atomic mass is 35.5. The number of amides is 3. The van der Waals surface area contributed by atoms with Gasteiger partial charge in [-0.1, -0.05) is 65.5 Å². The number of carbonyl (C=O) groups is 4. The number of carboxylic acid groups (broad SMARTS) is 1. The Morgan fingerprint density at radius 2 is 1.60 bits per heavy atom. The van der Waals surface area contributed by atoms with E-state index < -0.39 is 29.9 Å². The molecule has 228 valence electrons. The predicted molar refractivity (Wildman–Crippen MR) is 162 cm³/mol. The van der Waals surface area contributed by atoms with Crippen molar-refractivity contribution >= 4 is 70.1 Å². The fourth-order valence-electron chi connectivity index (χ4n) is 4.92. The summed E-state index contributed by atoms with van der Waals surface area (Å²) in [6, 6.07) is 7.76. The summed E-state index contributed by atoms with van der Waals surface area (Å²) in [6.07, 6.45) is 0.405. The molecule has 42 heavy (non-hydrogen) atoms. The number of carboxylic acids is 1.